The second-order valence-electron chi connectivity index (χ2n) is 4.83. The fraction of sp³-hybridized carbons (Fsp3) is 0.267. The molecule has 1 heterocycles. The number of sulfonamides is 1. The lowest BCUT2D eigenvalue weighted by molar-refractivity contribution is 0.462. The molecule has 0 spiro atoms. The van der Waals surface area contributed by atoms with E-state index in [0.29, 0.717) is 11.6 Å². The van der Waals surface area contributed by atoms with Gasteiger partial charge in [-0.15, -0.1) is 0 Å². The van der Waals surface area contributed by atoms with E-state index in [1.807, 2.05) is 30.3 Å². The molecule has 112 valence electrons. The number of rotatable bonds is 6. The molecule has 5 nitrogen and oxygen atoms in total. The Hall–Kier alpha value is -1.92. The molecule has 0 aliphatic carbocycles. The number of aromatic nitrogens is 1. The molecule has 0 radical (unpaired) electrons. The first-order valence-electron chi connectivity index (χ1n) is 6.64. The standard InChI is InChI=1S/C15H18N2O3S/c1-12(2)21(18,19)17-11-13-8-9-16-15(10-13)20-14-6-4-3-5-7-14/h3-10,12,17H,11H2,1-2H3. The Bertz CT molecular complexity index is 685. The number of para-hydroxylation sites is 1. The van der Waals surface area contributed by atoms with E-state index in [9.17, 15) is 8.42 Å². The highest BCUT2D eigenvalue weighted by atomic mass is 32.2. The summed E-state index contributed by atoms with van der Waals surface area (Å²) in [6.07, 6.45) is 1.59. The first kappa shape index (κ1) is 15.5. The maximum atomic E-state index is 11.7. The van der Waals surface area contributed by atoms with Gasteiger partial charge in [-0.25, -0.2) is 18.1 Å². The van der Waals surface area contributed by atoms with Gasteiger partial charge in [-0.05, 0) is 37.6 Å². The smallest absolute Gasteiger partial charge is 0.219 e. The van der Waals surface area contributed by atoms with Crippen LogP contribution in [0.3, 0.4) is 0 Å². The van der Waals surface area contributed by atoms with Crippen molar-refractivity contribution in [1.29, 1.82) is 0 Å². The minimum Gasteiger partial charge on any atom is -0.439 e. The van der Waals surface area contributed by atoms with Crippen molar-refractivity contribution >= 4 is 10.0 Å². The maximum absolute atomic E-state index is 11.7. The Morgan fingerprint density at radius 1 is 1.19 bits per heavy atom. The van der Waals surface area contributed by atoms with E-state index in [0.717, 1.165) is 5.56 Å². The summed E-state index contributed by atoms with van der Waals surface area (Å²) in [5.74, 6) is 1.12. The van der Waals surface area contributed by atoms with E-state index in [-0.39, 0.29) is 6.54 Å². The number of nitrogens with zero attached hydrogens (tertiary/aromatic N) is 1. The van der Waals surface area contributed by atoms with Crippen molar-refractivity contribution in [2.24, 2.45) is 0 Å². The molecule has 0 aliphatic heterocycles. The Labute approximate surface area is 125 Å². The van der Waals surface area contributed by atoms with E-state index in [1.54, 1.807) is 32.2 Å². The monoisotopic (exact) mass is 306 g/mol. The Balaban J connectivity index is 2.05. The summed E-state index contributed by atoms with van der Waals surface area (Å²) in [5, 5.41) is -0.459. The Kier molecular flexibility index (Phi) is 4.93. The van der Waals surface area contributed by atoms with Gasteiger partial charge in [0, 0.05) is 18.8 Å². The molecule has 2 aromatic rings. The van der Waals surface area contributed by atoms with Crippen molar-refractivity contribution in [2.75, 3.05) is 0 Å². The first-order valence-corrected chi connectivity index (χ1v) is 8.18. The zero-order chi connectivity index (χ0) is 15.3. The molecule has 21 heavy (non-hydrogen) atoms. The van der Waals surface area contributed by atoms with Crippen LogP contribution in [0.4, 0.5) is 0 Å². The van der Waals surface area contributed by atoms with Gasteiger partial charge in [0.1, 0.15) is 5.75 Å². The third-order valence-electron chi connectivity index (χ3n) is 2.86. The lowest BCUT2D eigenvalue weighted by Gasteiger charge is -2.10. The fourth-order valence-corrected chi connectivity index (χ4v) is 2.28. The molecule has 0 unspecified atom stereocenters. The summed E-state index contributed by atoms with van der Waals surface area (Å²) < 4.78 is 31.6. The number of nitrogens with one attached hydrogen (secondary N) is 1. The van der Waals surface area contributed by atoms with Crippen LogP contribution < -0.4 is 9.46 Å². The highest BCUT2D eigenvalue weighted by Crippen LogP contribution is 2.19. The van der Waals surface area contributed by atoms with E-state index < -0.39 is 15.3 Å². The lowest BCUT2D eigenvalue weighted by atomic mass is 10.3. The van der Waals surface area contributed by atoms with Gasteiger partial charge >= 0.3 is 0 Å². The van der Waals surface area contributed by atoms with Gasteiger partial charge in [-0.2, -0.15) is 0 Å². The molecule has 0 bridgehead atoms. The molecule has 1 aromatic carbocycles. The van der Waals surface area contributed by atoms with Crippen LogP contribution in [0.1, 0.15) is 19.4 Å². The minimum absolute atomic E-state index is 0.216. The van der Waals surface area contributed by atoms with Crippen LogP contribution in [0.15, 0.2) is 48.7 Å². The summed E-state index contributed by atoms with van der Waals surface area (Å²) in [4.78, 5) is 4.11. The molecule has 0 fully saturated rings. The van der Waals surface area contributed by atoms with Gasteiger partial charge in [-0.3, -0.25) is 0 Å². The van der Waals surface area contributed by atoms with Crippen LogP contribution in [0.5, 0.6) is 11.6 Å². The first-order chi connectivity index (χ1) is 9.97. The van der Waals surface area contributed by atoms with Crippen molar-refractivity contribution in [3.63, 3.8) is 0 Å². The van der Waals surface area contributed by atoms with Crippen LogP contribution in [0, 0.1) is 0 Å². The molecule has 0 aliphatic rings. The lowest BCUT2D eigenvalue weighted by Crippen LogP contribution is -2.30. The maximum Gasteiger partial charge on any atom is 0.219 e. The highest BCUT2D eigenvalue weighted by molar-refractivity contribution is 7.90. The van der Waals surface area contributed by atoms with E-state index in [2.05, 4.69) is 9.71 Å². The average Bonchev–Trinajstić information content (AvgIpc) is 2.47. The summed E-state index contributed by atoms with van der Waals surface area (Å²) in [5.41, 5.74) is 0.792. The number of ether oxygens (including phenoxy) is 1. The summed E-state index contributed by atoms with van der Waals surface area (Å²) in [7, 11) is -3.28. The van der Waals surface area contributed by atoms with Crippen molar-refractivity contribution in [2.45, 2.75) is 25.6 Å². The molecule has 0 saturated heterocycles. The largest absolute Gasteiger partial charge is 0.439 e. The average molecular weight is 306 g/mol. The quantitative estimate of drug-likeness (QED) is 0.891. The van der Waals surface area contributed by atoms with Crippen LogP contribution in [0.2, 0.25) is 0 Å². The van der Waals surface area contributed by atoms with Gasteiger partial charge in [0.25, 0.3) is 0 Å². The van der Waals surface area contributed by atoms with E-state index in [1.165, 1.54) is 0 Å². The van der Waals surface area contributed by atoms with E-state index >= 15 is 0 Å². The normalized spacial score (nSPS) is 11.6. The molecule has 2 rings (SSSR count). The third kappa shape index (κ3) is 4.54. The molecule has 6 heteroatoms. The second kappa shape index (κ2) is 6.69. The topological polar surface area (TPSA) is 68.3 Å². The Morgan fingerprint density at radius 3 is 2.57 bits per heavy atom. The van der Waals surface area contributed by atoms with Crippen LogP contribution in [-0.4, -0.2) is 18.7 Å². The van der Waals surface area contributed by atoms with Gasteiger partial charge in [0.05, 0.1) is 5.25 Å². The van der Waals surface area contributed by atoms with E-state index in [4.69, 9.17) is 4.74 Å². The Morgan fingerprint density at radius 2 is 1.90 bits per heavy atom. The molecular weight excluding hydrogens is 288 g/mol. The molecule has 0 amide bonds. The second-order valence-corrected chi connectivity index (χ2v) is 7.15. The number of hydrogen-bond acceptors (Lipinski definition) is 4. The molecule has 1 N–H and O–H groups in total. The SMILES string of the molecule is CC(C)S(=O)(=O)NCc1ccnc(Oc2ccccc2)c1. The van der Waals surface area contributed by atoms with Crippen molar-refractivity contribution in [3.8, 4) is 11.6 Å². The van der Waals surface area contributed by atoms with Crippen LogP contribution in [0.25, 0.3) is 0 Å². The minimum atomic E-state index is -3.28. The van der Waals surface area contributed by atoms with Crippen molar-refractivity contribution < 1.29 is 13.2 Å². The van der Waals surface area contributed by atoms with Gasteiger partial charge in [0.2, 0.25) is 15.9 Å². The van der Waals surface area contributed by atoms with Crippen molar-refractivity contribution in [1.82, 2.24) is 9.71 Å². The highest BCUT2D eigenvalue weighted by Gasteiger charge is 2.14. The molecular formula is C15H18N2O3S. The number of benzene rings is 1. The third-order valence-corrected chi connectivity index (χ3v) is 4.65. The summed E-state index contributed by atoms with van der Waals surface area (Å²) >= 11 is 0. The fourth-order valence-electron chi connectivity index (χ4n) is 1.58. The van der Waals surface area contributed by atoms with Gasteiger partial charge in [0.15, 0.2) is 0 Å². The zero-order valence-corrected chi connectivity index (χ0v) is 12.8. The molecule has 0 saturated carbocycles. The van der Waals surface area contributed by atoms with Crippen LogP contribution in [-0.2, 0) is 16.6 Å². The van der Waals surface area contributed by atoms with Crippen molar-refractivity contribution in [3.05, 3.63) is 54.2 Å². The predicted octanol–water partition coefficient (Wildman–Crippen LogP) is 2.70. The van der Waals surface area contributed by atoms with Crippen LogP contribution >= 0.6 is 0 Å². The van der Waals surface area contributed by atoms with Gasteiger partial charge < -0.3 is 4.74 Å². The zero-order valence-electron chi connectivity index (χ0n) is 12.0. The number of hydrogen-bond donors (Lipinski definition) is 1. The summed E-state index contributed by atoms with van der Waals surface area (Å²) in [6.45, 7) is 3.49. The molecule has 0 atom stereocenters. The molecule has 1 aromatic heterocycles. The van der Waals surface area contributed by atoms with Gasteiger partial charge in [-0.1, -0.05) is 18.2 Å². The summed E-state index contributed by atoms with van der Waals surface area (Å²) in [6, 6.07) is 12.8. The number of pyridine rings is 1. The predicted molar refractivity (Wildman–Crippen MR) is 81.6 cm³/mol.